The van der Waals surface area contributed by atoms with Gasteiger partial charge in [-0.05, 0) is 41.9 Å². The van der Waals surface area contributed by atoms with Crippen molar-refractivity contribution in [2.24, 2.45) is 0 Å². The van der Waals surface area contributed by atoms with Crippen LogP contribution in [0.2, 0.25) is 0 Å². The van der Waals surface area contributed by atoms with Gasteiger partial charge in [-0.15, -0.1) is 0 Å². The van der Waals surface area contributed by atoms with Gasteiger partial charge in [-0.25, -0.2) is 8.42 Å². The first-order valence-electron chi connectivity index (χ1n) is 5.13. The van der Waals surface area contributed by atoms with Crippen LogP contribution in [0.1, 0.15) is 13.8 Å². The van der Waals surface area contributed by atoms with Crippen LogP contribution in [0.25, 0.3) is 0 Å². The van der Waals surface area contributed by atoms with E-state index in [4.69, 9.17) is 0 Å². The van der Waals surface area contributed by atoms with Crippen molar-refractivity contribution in [2.75, 3.05) is 17.6 Å². The summed E-state index contributed by atoms with van der Waals surface area (Å²) >= 11 is 3.39. The maximum Gasteiger partial charge on any atom is 0.154 e. The van der Waals surface area contributed by atoms with Crippen molar-refractivity contribution in [2.45, 2.75) is 19.1 Å². The molecule has 0 atom stereocenters. The molecule has 1 rings (SSSR count). The van der Waals surface area contributed by atoms with Crippen molar-refractivity contribution < 1.29 is 8.42 Å². The van der Waals surface area contributed by atoms with E-state index in [2.05, 4.69) is 21.2 Å². The SMILES string of the molecule is CC(C)S(=O)(=O)CCNc1ccccc1Br. The smallest absolute Gasteiger partial charge is 0.154 e. The van der Waals surface area contributed by atoms with Gasteiger partial charge in [0.15, 0.2) is 9.84 Å². The topological polar surface area (TPSA) is 46.2 Å². The summed E-state index contributed by atoms with van der Waals surface area (Å²) in [7, 11) is -2.96. The molecule has 0 amide bonds. The second-order valence-corrected chi connectivity index (χ2v) is 7.35. The van der Waals surface area contributed by atoms with Crippen LogP contribution < -0.4 is 5.32 Å². The highest BCUT2D eigenvalue weighted by atomic mass is 79.9. The van der Waals surface area contributed by atoms with E-state index in [1.807, 2.05) is 24.3 Å². The van der Waals surface area contributed by atoms with Gasteiger partial charge in [0.05, 0.1) is 11.0 Å². The summed E-state index contributed by atoms with van der Waals surface area (Å²) in [5.41, 5.74) is 0.918. The normalized spacial score (nSPS) is 11.8. The minimum atomic E-state index is -2.96. The Morgan fingerprint density at radius 1 is 1.31 bits per heavy atom. The Kier molecular flexibility index (Phi) is 4.80. The summed E-state index contributed by atoms with van der Waals surface area (Å²) in [6, 6.07) is 7.65. The molecule has 1 aromatic rings. The number of rotatable bonds is 5. The number of para-hydroxylation sites is 1. The maximum absolute atomic E-state index is 11.6. The number of benzene rings is 1. The molecule has 0 saturated heterocycles. The zero-order chi connectivity index (χ0) is 12.2. The molecule has 0 spiro atoms. The molecule has 0 aromatic heterocycles. The molecule has 1 N–H and O–H groups in total. The molecule has 16 heavy (non-hydrogen) atoms. The standard InChI is InChI=1S/C11H16BrNO2S/c1-9(2)16(14,15)8-7-13-11-6-4-3-5-10(11)12/h3-6,9,13H,7-8H2,1-2H3. The highest BCUT2D eigenvalue weighted by molar-refractivity contribution is 9.10. The fourth-order valence-electron chi connectivity index (χ4n) is 1.17. The minimum absolute atomic E-state index is 0.159. The van der Waals surface area contributed by atoms with Gasteiger partial charge in [0.1, 0.15) is 0 Å². The van der Waals surface area contributed by atoms with E-state index in [-0.39, 0.29) is 11.0 Å². The third-order valence-electron chi connectivity index (χ3n) is 2.29. The van der Waals surface area contributed by atoms with E-state index >= 15 is 0 Å². The van der Waals surface area contributed by atoms with E-state index in [1.54, 1.807) is 13.8 Å². The van der Waals surface area contributed by atoms with Crippen molar-refractivity contribution in [3.8, 4) is 0 Å². The molecule has 0 saturated carbocycles. The average molecular weight is 306 g/mol. The second kappa shape index (κ2) is 5.68. The van der Waals surface area contributed by atoms with Gasteiger partial charge in [-0.3, -0.25) is 0 Å². The van der Waals surface area contributed by atoms with Crippen molar-refractivity contribution in [1.29, 1.82) is 0 Å². The lowest BCUT2D eigenvalue weighted by Gasteiger charge is -2.10. The molecule has 0 unspecified atom stereocenters. The number of nitrogens with one attached hydrogen (secondary N) is 1. The minimum Gasteiger partial charge on any atom is -0.383 e. The monoisotopic (exact) mass is 305 g/mol. The van der Waals surface area contributed by atoms with Crippen LogP contribution in [0.3, 0.4) is 0 Å². The Labute approximate surface area is 105 Å². The molecule has 3 nitrogen and oxygen atoms in total. The molecule has 1 aromatic carbocycles. The average Bonchev–Trinajstić information content (AvgIpc) is 2.20. The number of hydrogen-bond donors (Lipinski definition) is 1. The van der Waals surface area contributed by atoms with Gasteiger partial charge in [-0.1, -0.05) is 12.1 Å². The molecule has 0 aliphatic heterocycles. The lowest BCUT2D eigenvalue weighted by molar-refractivity contribution is 0.588. The highest BCUT2D eigenvalue weighted by Crippen LogP contribution is 2.20. The van der Waals surface area contributed by atoms with Crippen LogP contribution in [-0.2, 0) is 9.84 Å². The third kappa shape index (κ3) is 3.79. The van der Waals surface area contributed by atoms with E-state index < -0.39 is 9.84 Å². The second-order valence-electron chi connectivity index (χ2n) is 3.82. The Morgan fingerprint density at radius 3 is 2.50 bits per heavy atom. The lowest BCUT2D eigenvalue weighted by Crippen LogP contribution is -2.22. The molecular weight excluding hydrogens is 290 g/mol. The van der Waals surface area contributed by atoms with Gasteiger partial charge in [0.2, 0.25) is 0 Å². The van der Waals surface area contributed by atoms with Crippen LogP contribution in [0.5, 0.6) is 0 Å². The predicted octanol–water partition coefficient (Wildman–Crippen LogP) is 2.68. The first-order valence-corrected chi connectivity index (χ1v) is 7.64. The zero-order valence-corrected chi connectivity index (χ0v) is 11.8. The van der Waals surface area contributed by atoms with Crippen LogP contribution >= 0.6 is 15.9 Å². The van der Waals surface area contributed by atoms with Gasteiger partial charge in [0, 0.05) is 16.7 Å². The Morgan fingerprint density at radius 2 is 1.94 bits per heavy atom. The van der Waals surface area contributed by atoms with Crippen molar-refractivity contribution in [3.63, 3.8) is 0 Å². The third-order valence-corrected chi connectivity index (χ3v) is 5.20. The lowest BCUT2D eigenvalue weighted by atomic mass is 10.3. The Balaban J connectivity index is 2.52. The highest BCUT2D eigenvalue weighted by Gasteiger charge is 2.15. The molecule has 0 bridgehead atoms. The zero-order valence-electron chi connectivity index (χ0n) is 9.40. The van der Waals surface area contributed by atoms with Crippen molar-refractivity contribution in [3.05, 3.63) is 28.7 Å². The van der Waals surface area contributed by atoms with Crippen LogP contribution in [-0.4, -0.2) is 26.0 Å². The van der Waals surface area contributed by atoms with E-state index in [0.717, 1.165) is 10.2 Å². The van der Waals surface area contributed by atoms with Crippen LogP contribution in [0, 0.1) is 0 Å². The van der Waals surface area contributed by atoms with Crippen LogP contribution in [0.4, 0.5) is 5.69 Å². The summed E-state index contributed by atoms with van der Waals surface area (Å²) in [6.07, 6.45) is 0. The first-order chi connectivity index (χ1) is 7.43. The first kappa shape index (κ1) is 13.5. The number of halogens is 1. The molecule has 5 heteroatoms. The summed E-state index contributed by atoms with van der Waals surface area (Å²) in [5.74, 6) is 0.159. The van der Waals surface area contributed by atoms with Crippen molar-refractivity contribution >= 4 is 31.5 Å². The predicted molar refractivity (Wildman–Crippen MR) is 71.6 cm³/mol. The Bertz CT molecular complexity index is 443. The van der Waals surface area contributed by atoms with Gasteiger partial charge in [0.25, 0.3) is 0 Å². The fraction of sp³-hybridized carbons (Fsp3) is 0.455. The summed E-state index contributed by atoms with van der Waals surface area (Å²) < 4.78 is 24.0. The summed E-state index contributed by atoms with van der Waals surface area (Å²) in [6.45, 7) is 3.84. The molecule has 0 aliphatic carbocycles. The van der Waals surface area contributed by atoms with E-state index in [9.17, 15) is 8.42 Å². The summed E-state index contributed by atoms with van der Waals surface area (Å²) in [4.78, 5) is 0. The Hall–Kier alpha value is -0.550. The van der Waals surface area contributed by atoms with Crippen molar-refractivity contribution in [1.82, 2.24) is 0 Å². The van der Waals surface area contributed by atoms with E-state index in [1.165, 1.54) is 0 Å². The number of anilines is 1. The quantitative estimate of drug-likeness (QED) is 0.910. The maximum atomic E-state index is 11.6. The van der Waals surface area contributed by atoms with Gasteiger partial charge >= 0.3 is 0 Å². The number of hydrogen-bond acceptors (Lipinski definition) is 3. The van der Waals surface area contributed by atoms with Gasteiger partial charge in [-0.2, -0.15) is 0 Å². The molecule has 0 radical (unpaired) electrons. The largest absolute Gasteiger partial charge is 0.383 e. The summed E-state index contributed by atoms with van der Waals surface area (Å²) in [5, 5.41) is 2.79. The molecule has 0 fully saturated rings. The van der Waals surface area contributed by atoms with E-state index in [0.29, 0.717) is 6.54 Å². The van der Waals surface area contributed by atoms with Gasteiger partial charge < -0.3 is 5.32 Å². The molecule has 0 heterocycles. The number of sulfone groups is 1. The van der Waals surface area contributed by atoms with Crippen LogP contribution in [0.15, 0.2) is 28.7 Å². The molecule has 90 valence electrons. The molecular formula is C11H16BrNO2S. The fourth-order valence-corrected chi connectivity index (χ4v) is 2.45. The molecule has 0 aliphatic rings.